The molecule has 0 aliphatic carbocycles. The molecule has 3 aromatic heterocycles. The van der Waals surface area contributed by atoms with Gasteiger partial charge < -0.3 is 9.64 Å². The lowest BCUT2D eigenvalue weighted by molar-refractivity contribution is -0.130. The van der Waals surface area contributed by atoms with E-state index in [2.05, 4.69) is 20.1 Å². The van der Waals surface area contributed by atoms with Crippen LogP contribution in [-0.2, 0) is 22.0 Å². The quantitative estimate of drug-likeness (QED) is 0.376. The molecule has 0 unspecified atom stereocenters. The first-order valence-electron chi connectivity index (χ1n) is 11.2. The van der Waals surface area contributed by atoms with Crippen LogP contribution in [0.4, 0.5) is 0 Å². The van der Waals surface area contributed by atoms with Crippen LogP contribution in [0.15, 0.2) is 60.9 Å². The van der Waals surface area contributed by atoms with E-state index >= 15 is 0 Å². The molecule has 1 fully saturated rings. The minimum Gasteiger partial charge on any atom is -0.439 e. The van der Waals surface area contributed by atoms with E-state index in [1.165, 1.54) is 0 Å². The Morgan fingerprint density at radius 2 is 1.89 bits per heavy atom. The first kappa shape index (κ1) is 22.9. The largest absolute Gasteiger partial charge is 0.439 e. The van der Waals surface area contributed by atoms with Crippen molar-refractivity contribution in [3.8, 4) is 22.9 Å². The van der Waals surface area contributed by atoms with Crippen molar-refractivity contribution in [1.82, 2.24) is 30.0 Å². The van der Waals surface area contributed by atoms with E-state index in [4.69, 9.17) is 9.72 Å². The van der Waals surface area contributed by atoms with Gasteiger partial charge in [0.2, 0.25) is 11.8 Å². The number of hydrogen-bond donors (Lipinski definition) is 2. The average Bonchev–Trinajstić information content (AvgIpc) is 3.40. The highest BCUT2D eigenvalue weighted by atomic mass is 32.2. The smallest absolute Gasteiger partial charge is 0.237 e. The van der Waals surface area contributed by atoms with Gasteiger partial charge >= 0.3 is 0 Å². The van der Waals surface area contributed by atoms with E-state index in [0.717, 1.165) is 27.9 Å². The van der Waals surface area contributed by atoms with Crippen LogP contribution in [-0.4, -0.2) is 76.2 Å². The first-order chi connectivity index (χ1) is 17.0. The predicted octanol–water partition coefficient (Wildman–Crippen LogP) is 2.07. The molecule has 0 bridgehead atoms. The fourth-order valence-electron chi connectivity index (χ4n) is 4.03. The predicted molar refractivity (Wildman–Crippen MR) is 131 cm³/mol. The van der Waals surface area contributed by atoms with Crippen molar-refractivity contribution >= 4 is 27.5 Å². The summed E-state index contributed by atoms with van der Waals surface area (Å²) < 4.78 is 27.5. The Morgan fingerprint density at radius 3 is 2.60 bits per heavy atom. The molecule has 4 aromatic rings. The summed E-state index contributed by atoms with van der Waals surface area (Å²) in [5.41, 5.74) is 3.62. The number of thiol groups is 1. The van der Waals surface area contributed by atoms with E-state index in [9.17, 15) is 13.2 Å². The Balaban J connectivity index is 1.20. The average molecular weight is 493 g/mol. The lowest BCUT2D eigenvalue weighted by Gasteiger charge is -2.34. The van der Waals surface area contributed by atoms with E-state index in [-0.39, 0.29) is 5.91 Å². The molecule has 0 radical (unpaired) electrons. The van der Waals surface area contributed by atoms with Crippen LogP contribution < -0.4 is 4.74 Å². The number of nitrogens with one attached hydrogen (secondary N) is 1. The Kier molecular flexibility index (Phi) is 6.68. The van der Waals surface area contributed by atoms with Gasteiger partial charge in [-0.1, -0.05) is 6.07 Å². The number of carbonyl (C=O) groups excluding carboxylic acids is 1. The molecule has 4 heterocycles. The van der Waals surface area contributed by atoms with Crippen LogP contribution in [0.25, 0.3) is 22.2 Å². The Bertz CT molecular complexity index is 1390. The van der Waals surface area contributed by atoms with Crippen LogP contribution in [0.1, 0.15) is 5.69 Å². The van der Waals surface area contributed by atoms with Crippen molar-refractivity contribution < 1.29 is 17.9 Å². The molecule has 1 aliphatic heterocycles. The zero-order chi connectivity index (χ0) is 24.2. The lowest BCUT2D eigenvalue weighted by Crippen LogP contribution is -2.49. The minimum absolute atomic E-state index is 0.327. The van der Waals surface area contributed by atoms with Crippen molar-refractivity contribution in [3.05, 3.63) is 66.6 Å². The maximum atomic E-state index is 11.9. The maximum Gasteiger partial charge on any atom is 0.237 e. The van der Waals surface area contributed by atoms with Crippen molar-refractivity contribution in [2.75, 3.05) is 31.9 Å². The summed E-state index contributed by atoms with van der Waals surface area (Å²) in [6, 6.07) is 15.4. The van der Waals surface area contributed by atoms with Crippen LogP contribution in [0.3, 0.4) is 0 Å². The van der Waals surface area contributed by atoms with E-state index in [1.54, 1.807) is 17.3 Å². The lowest BCUT2D eigenvalue weighted by atomic mass is 10.2. The summed E-state index contributed by atoms with van der Waals surface area (Å²) in [5.74, 6) is 0.428. The number of fused-ring (bicyclic) bond motifs is 1. The van der Waals surface area contributed by atoms with Gasteiger partial charge in [0.25, 0.3) is 0 Å². The van der Waals surface area contributed by atoms with Gasteiger partial charge in [-0.2, -0.15) is 5.10 Å². The zero-order valence-electron chi connectivity index (χ0n) is 18.8. The van der Waals surface area contributed by atoms with Gasteiger partial charge in [-0.25, -0.2) is 13.4 Å². The van der Waals surface area contributed by atoms with Crippen molar-refractivity contribution in [1.29, 1.82) is 0 Å². The number of aromatic amines is 1. The van der Waals surface area contributed by atoms with Crippen LogP contribution >= 0.6 is 0 Å². The van der Waals surface area contributed by atoms with Crippen molar-refractivity contribution in [2.45, 2.75) is 6.54 Å². The van der Waals surface area contributed by atoms with Gasteiger partial charge in [-0.3, -0.25) is 19.8 Å². The number of benzene rings is 1. The minimum atomic E-state index is -2.69. The number of H-pyrrole nitrogens is 1. The number of ether oxygens (including phenoxy) is 1. The normalized spacial score (nSPS) is 14.5. The Labute approximate surface area is 203 Å². The second-order valence-corrected chi connectivity index (χ2v) is 9.24. The van der Waals surface area contributed by atoms with Crippen LogP contribution in [0.5, 0.6) is 11.6 Å². The molecule has 1 amide bonds. The number of piperazine rings is 1. The summed E-state index contributed by atoms with van der Waals surface area (Å²) in [5, 5.41) is 7.82. The highest BCUT2D eigenvalue weighted by Gasteiger charge is 2.21. The molecular formula is C24H24N6O4S. The number of amides is 1. The van der Waals surface area contributed by atoms with Gasteiger partial charge in [0.15, 0.2) is 0 Å². The topological polar surface area (TPSA) is 121 Å². The molecular weight excluding hydrogens is 468 g/mol. The molecule has 11 heteroatoms. The third kappa shape index (κ3) is 5.64. The molecule has 180 valence electrons. The SMILES string of the molecule is O=C(C[SH](=O)=O)N1CCN(Cc2ccc3cc(Oc4ccc(-c5ccn[nH]5)cn4)ccc3n2)CC1. The number of hydrogen-bond acceptors (Lipinski definition) is 8. The molecule has 10 nitrogen and oxygen atoms in total. The number of pyridine rings is 2. The maximum absolute atomic E-state index is 11.9. The molecule has 1 N–H and O–H groups in total. The van der Waals surface area contributed by atoms with Crippen molar-refractivity contribution in [2.24, 2.45) is 0 Å². The third-order valence-corrected chi connectivity index (χ3v) is 6.39. The summed E-state index contributed by atoms with van der Waals surface area (Å²) in [4.78, 5) is 24.9. The number of rotatable bonds is 7. The zero-order valence-corrected chi connectivity index (χ0v) is 19.7. The van der Waals surface area contributed by atoms with E-state index < -0.39 is 16.5 Å². The van der Waals surface area contributed by atoms with E-state index in [1.807, 2.05) is 48.5 Å². The van der Waals surface area contributed by atoms with Gasteiger partial charge in [0.05, 0.1) is 16.9 Å². The molecule has 1 aliphatic rings. The second-order valence-electron chi connectivity index (χ2n) is 8.26. The summed E-state index contributed by atoms with van der Waals surface area (Å²) in [7, 11) is -2.69. The van der Waals surface area contributed by atoms with Crippen molar-refractivity contribution in [3.63, 3.8) is 0 Å². The summed E-state index contributed by atoms with van der Waals surface area (Å²) >= 11 is 0. The monoisotopic (exact) mass is 492 g/mol. The molecule has 5 rings (SSSR count). The number of aromatic nitrogens is 4. The highest BCUT2D eigenvalue weighted by Crippen LogP contribution is 2.26. The number of nitrogens with zero attached hydrogens (tertiary/aromatic N) is 5. The first-order valence-corrected chi connectivity index (χ1v) is 12.5. The van der Waals surface area contributed by atoms with Gasteiger partial charge in [-0.15, -0.1) is 0 Å². The fraction of sp³-hybridized carbons (Fsp3) is 0.250. The van der Waals surface area contributed by atoms with Crippen LogP contribution in [0, 0.1) is 0 Å². The van der Waals surface area contributed by atoms with Gasteiger partial charge in [0.1, 0.15) is 22.2 Å². The molecule has 0 saturated carbocycles. The number of carbonyl (C=O) groups is 1. The van der Waals surface area contributed by atoms with Gasteiger partial charge in [0, 0.05) is 62.1 Å². The molecule has 0 spiro atoms. The molecule has 1 saturated heterocycles. The van der Waals surface area contributed by atoms with Gasteiger partial charge in [-0.05, 0) is 36.4 Å². The summed E-state index contributed by atoms with van der Waals surface area (Å²) in [6.45, 7) is 3.07. The second kappa shape index (κ2) is 10.2. The molecule has 0 atom stereocenters. The summed E-state index contributed by atoms with van der Waals surface area (Å²) in [6.07, 6.45) is 3.43. The third-order valence-electron chi connectivity index (χ3n) is 5.86. The van der Waals surface area contributed by atoms with E-state index in [0.29, 0.717) is 44.4 Å². The standard InChI is InChI=1S/C24H24N6O4S/c31-24(16-35(32)33)30-11-9-29(10-12-30)15-19-3-1-17-13-20(4-5-21(17)27-19)34-23-6-2-18(14-25-23)22-7-8-26-28-22/h1-8,13-14,35H,9-12,15-16H2,(H,26,28). The molecule has 1 aromatic carbocycles. The highest BCUT2D eigenvalue weighted by molar-refractivity contribution is 7.73. The molecule has 35 heavy (non-hydrogen) atoms. The Hall–Kier alpha value is -3.83. The van der Waals surface area contributed by atoms with Crippen LogP contribution in [0.2, 0.25) is 0 Å². The fourth-order valence-corrected chi connectivity index (χ4v) is 4.45. The Morgan fingerprint density at radius 1 is 1.03 bits per heavy atom.